The van der Waals surface area contributed by atoms with Crippen LogP contribution >= 0.6 is 0 Å². The van der Waals surface area contributed by atoms with E-state index in [1.165, 1.54) is 0 Å². The summed E-state index contributed by atoms with van der Waals surface area (Å²) in [5.41, 5.74) is 3.31. The van der Waals surface area contributed by atoms with E-state index >= 15 is 0 Å². The SMILES string of the molecule is Cc1ccc(NC(=O)NC2(NC(=O)Nc3ccc(C)cc3)C(=O)N(Cc3ccccc3)c3ccccc32)cc1. The third-order valence-corrected chi connectivity index (χ3v) is 6.57. The summed E-state index contributed by atoms with van der Waals surface area (Å²) in [4.78, 5) is 42.4. The maximum atomic E-state index is 14.2. The first-order chi connectivity index (χ1) is 18.8. The molecule has 0 spiro atoms. The summed E-state index contributed by atoms with van der Waals surface area (Å²) in [5, 5.41) is 11.1. The monoisotopic (exact) mass is 519 g/mol. The number of fused-ring (bicyclic) bond motifs is 1. The van der Waals surface area contributed by atoms with Gasteiger partial charge in [0.05, 0.1) is 12.2 Å². The minimum Gasteiger partial charge on any atom is -0.308 e. The van der Waals surface area contributed by atoms with Crippen molar-refractivity contribution in [2.45, 2.75) is 26.1 Å². The topological polar surface area (TPSA) is 103 Å². The van der Waals surface area contributed by atoms with Crippen LogP contribution in [0.1, 0.15) is 22.3 Å². The standard InChI is InChI=1S/C31H29N5O3/c1-21-12-16-24(17-13-21)32-29(38)34-31(35-30(39)33-25-18-14-22(2)15-19-25)26-10-6-7-11-27(26)36(28(31)37)20-23-8-4-3-5-9-23/h3-19H,20H2,1-2H3,(H2,32,34,38)(H2,33,35,39). The molecule has 8 heteroatoms. The average molecular weight is 520 g/mol. The summed E-state index contributed by atoms with van der Waals surface area (Å²) in [6, 6.07) is 29.9. The Labute approximate surface area is 227 Å². The number of carbonyl (C=O) groups is 3. The minimum atomic E-state index is -1.85. The molecule has 4 N–H and O–H groups in total. The zero-order chi connectivity index (χ0) is 27.4. The molecule has 1 aliphatic heterocycles. The molecule has 0 saturated heterocycles. The van der Waals surface area contributed by atoms with Gasteiger partial charge in [-0.2, -0.15) is 0 Å². The van der Waals surface area contributed by atoms with Gasteiger partial charge < -0.3 is 26.2 Å². The Morgan fingerprint density at radius 3 is 1.69 bits per heavy atom. The van der Waals surface area contributed by atoms with Crippen molar-refractivity contribution in [1.29, 1.82) is 0 Å². The molecule has 0 saturated carbocycles. The first-order valence-electron chi connectivity index (χ1n) is 12.6. The highest BCUT2D eigenvalue weighted by molar-refractivity contribution is 6.12. The lowest BCUT2D eigenvalue weighted by atomic mass is 10.0. The van der Waals surface area contributed by atoms with E-state index in [-0.39, 0.29) is 6.54 Å². The second-order valence-corrected chi connectivity index (χ2v) is 9.53. The average Bonchev–Trinajstić information content (AvgIpc) is 3.14. The van der Waals surface area contributed by atoms with Crippen molar-refractivity contribution < 1.29 is 14.4 Å². The number of carbonyl (C=O) groups excluding carboxylic acids is 3. The van der Waals surface area contributed by atoms with E-state index in [0.717, 1.165) is 16.7 Å². The smallest absolute Gasteiger partial charge is 0.308 e. The Balaban J connectivity index is 1.49. The van der Waals surface area contributed by atoms with E-state index in [1.807, 2.05) is 74.5 Å². The molecule has 0 radical (unpaired) electrons. The summed E-state index contributed by atoms with van der Waals surface area (Å²) in [6.45, 7) is 4.16. The van der Waals surface area contributed by atoms with Crippen LogP contribution in [0.3, 0.4) is 0 Å². The van der Waals surface area contributed by atoms with Crippen LogP contribution in [0.15, 0.2) is 103 Å². The molecule has 0 atom stereocenters. The lowest BCUT2D eigenvalue weighted by molar-refractivity contribution is -0.124. The van der Waals surface area contributed by atoms with Crippen LogP contribution in [0, 0.1) is 13.8 Å². The van der Waals surface area contributed by atoms with Crippen molar-refractivity contribution in [2.24, 2.45) is 0 Å². The fourth-order valence-electron chi connectivity index (χ4n) is 4.59. The first-order valence-corrected chi connectivity index (χ1v) is 12.6. The molecule has 0 unspecified atom stereocenters. The van der Waals surface area contributed by atoms with E-state index in [0.29, 0.717) is 22.6 Å². The van der Waals surface area contributed by atoms with Gasteiger partial charge in [-0.1, -0.05) is 83.9 Å². The molecule has 1 heterocycles. The Morgan fingerprint density at radius 2 is 1.15 bits per heavy atom. The van der Waals surface area contributed by atoms with Gasteiger partial charge in [0.2, 0.25) is 5.66 Å². The number of aryl methyl sites for hydroxylation is 2. The minimum absolute atomic E-state index is 0.265. The molecule has 5 rings (SSSR count). The molecule has 39 heavy (non-hydrogen) atoms. The first kappa shape index (κ1) is 25.5. The molecular formula is C31H29N5O3. The summed E-state index contributed by atoms with van der Waals surface area (Å²) in [5.74, 6) is -0.481. The van der Waals surface area contributed by atoms with Gasteiger partial charge in [-0.25, -0.2) is 9.59 Å². The third kappa shape index (κ3) is 5.45. The number of nitrogens with one attached hydrogen (secondary N) is 4. The van der Waals surface area contributed by atoms with Crippen LogP contribution in [0.2, 0.25) is 0 Å². The molecule has 0 aromatic heterocycles. The van der Waals surface area contributed by atoms with Crippen molar-refractivity contribution in [3.63, 3.8) is 0 Å². The fraction of sp³-hybridized carbons (Fsp3) is 0.129. The van der Waals surface area contributed by atoms with Crippen LogP contribution in [0.25, 0.3) is 0 Å². The quantitative estimate of drug-likeness (QED) is 0.248. The van der Waals surface area contributed by atoms with Gasteiger partial charge in [0, 0.05) is 16.9 Å². The van der Waals surface area contributed by atoms with Crippen molar-refractivity contribution in [3.8, 4) is 0 Å². The highest BCUT2D eigenvalue weighted by Crippen LogP contribution is 2.40. The second kappa shape index (κ2) is 10.7. The van der Waals surface area contributed by atoms with Gasteiger partial charge in [0.25, 0.3) is 5.91 Å². The zero-order valence-electron chi connectivity index (χ0n) is 21.7. The number of amides is 5. The normalized spacial score (nSPS) is 13.4. The number of benzene rings is 4. The van der Waals surface area contributed by atoms with Gasteiger partial charge in [-0.3, -0.25) is 4.79 Å². The molecule has 0 bridgehead atoms. The molecule has 4 aromatic carbocycles. The maximum absolute atomic E-state index is 14.2. The summed E-state index contributed by atoms with van der Waals surface area (Å²) < 4.78 is 0. The van der Waals surface area contributed by atoms with Crippen LogP contribution in [0.5, 0.6) is 0 Å². The Kier molecular flexibility index (Phi) is 7.01. The lowest BCUT2D eigenvalue weighted by Crippen LogP contribution is -2.64. The molecule has 0 fully saturated rings. The summed E-state index contributed by atoms with van der Waals surface area (Å²) >= 11 is 0. The van der Waals surface area contributed by atoms with Gasteiger partial charge in [-0.05, 0) is 49.7 Å². The maximum Gasteiger partial charge on any atom is 0.321 e. The molecule has 1 aliphatic rings. The van der Waals surface area contributed by atoms with Crippen molar-refractivity contribution in [1.82, 2.24) is 10.6 Å². The summed E-state index contributed by atoms with van der Waals surface area (Å²) in [6.07, 6.45) is 0. The predicted octanol–water partition coefficient (Wildman–Crippen LogP) is 5.65. The van der Waals surface area contributed by atoms with Crippen LogP contribution in [-0.2, 0) is 17.0 Å². The number of hydrogen-bond acceptors (Lipinski definition) is 3. The van der Waals surface area contributed by atoms with Crippen LogP contribution in [-0.4, -0.2) is 18.0 Å². The fourth-order valence-corrected chi connectivity index (χ4v) is 4.59. The number of rotatable bonds is 6. The highest BCUT2D eigenvalue weighted by atomic mass is 16.2. The molecule has 5 amide bonds. The zero-order valence-corrected chi connectivity index (χ0v) is 21.7. The number of nitrogens with zero attached hydrogens (tertiary/aromatic N) is 1. The van der Waals surface area contributed by atoms with Crippen LogP contribution < -0.4 is 26.2 Å². The van der Waals surface area contributed by atoms with Gasteiger partial charge >= 0.3 is 12.1 Å². The van der Waals surface area contributed by atoms with E-state index in [4.69, 9.17) is 0 Å². The molecule has 196 valence electrons. The van der Waals surface area contributed by atoms with Crippen LogP contribution in [0.4, 0.5) is 26.7 Å². The van der Waals surface area contributed by atoms with Crippen molar-refractivity contribution in [2.75, 3.05) is 15.5 Å². The van der Waals surface area contributed by atoms with Gasteiger partial charge in [0.15, 0.2) is 0 Å². The van der Waals surface area contributed by atoms with E-state index in [1.54, 1.807) is 47.4 Å². The highest BCUT2D eigenvalue weighted by Gasteiger charge is 2.53. The van der Waals surface area contributed by atoms with Crippen molar-refractivity contribution in [3.05, 3.63) is 125 Å². The second-order valence-electron chi connectivity index (χ2n) is 9.53. The van der Waals surface area contributed by atoms with E-state index in [9.17, 15) is 14.4 Å². The van der Waals surface area contributed by atoms with Gasteiger partial charge in [-0.15, -0.1) is 0 Å². The summed E-state index contributed by atoms with van der Waals surface area (Å²) in [7, 11) is 0. The Morgan fingerprint density at radius 1 is 0.667 bits per heavy atom. The molecule has 8 nitrogen and oxygen atoms in total. The number of anilines is 3. The molecular weight excluding hydrogens is 490 g/mol. The van der Waals surface area contributed by atoms with Gasteiger partial charge in [0.1, 0.15) is 0 Å². The van der Waals surface area contributed by atoms with E-state index < -0.39 is 23.6 Å². The lowest BCUT2D eigenvalue weighted by Gasteiger charge is -2.31. The largest absolute Gasteiger partial charge is 0.321 e. The van der Waals surface area contributed by atoms with E-state index in [2.05, 4.69) is 21.3 Å². The Bertz CT molecular complexity index is 1440. The Hall–Kier alpha value is -5.11. The predicted molar refractivity (Wildman–Crippen MR) is 152 cm³/mol. The molecule has 0 aliphatic carbocycles. The third-order valence-electron chi connectivity index (χ3n) is 6.57. The number of urea groups is 2. The number of para-hydroxylation sites is 1. The molecule has 4 aromatic rings. The van der Waals surface area contributed by atoms with Crippen molar-refractivity contribution >= 4 is 35.0 Å². The number of hydrogen-bond donors (Lipinski definition) is 4.